The molecule has 0 aliphatic rings. The molecule has 2 aromatic rings. The SMILES string of the molecule is Nc1nc(C(=O)Nc2ccc([N+](=O)[O-])c(Cl)c2)cs1. The van der Waals surface area contributed by atoms with Gasteiger partial charge in [-0.05, 0) is 12.1 Å². The first kappa shape index (κ1) is 13.2. The predicted octanol–water partition coefficient (Wildman–Crippen LogP) is 2.54. The van der Waals surface area contributed by atoms with Gasteiger partial charge in [0.15, 0.2) is 5.13 Å². The van der Waals surface area contributed by atoms with Gasteiger partial charge in [-0.25, -0.2) is 4.98 Å². The number of hydrogen-bond donors (Lipinski definition) is 2. The zero-order chi connectivity index (χ0) is 14.0. The van der Waals surface area contributed by atoms with Crippen LogP contribution in [0.15, 0.2) is 23.6 Å². The molecule has 0 radical (unpaired) electrons. The van der Waals surface area contributed by atoms with E-state index in [1.807, 2.05) is 0 Å². The van der Waals surface area contributed by atoms with Crippen molar-refractivity contribution in [2.75, 3.05) is 11.1 Å². The number of anilines is 2. The molecule has 1 aromatic carbocycles. The van der Waals surface area contributed by atoms with Crippen LogP contribution in [-0.4, -0.2) is 15.8 Å². The fraction of sp³-hybridized carbons (Fsp3) is 0. The summed E-state index contributed by atoms with van der Waals surface area (Å²) >= 11 is 6.87. The second-order valence-corrected chi connectivity index (χ2v) is 4.75. The zero-order valence-electron chi connectivity index (χ0n) is 9.29. The van der Waals surface area contributed by atoms with Crippen LogP contribution in [0.5, 0.6) is 0 Å². The molecule has 7 nitrogen and oxygen atoms in total. The number of nitro benzene ring substituents is 1. The monoisotopic (exact) mass is 298 g/mol. The van der Waals surface area contributed by atoms with Crippen LogP contribution < -0.4 is 11.1 Å². The number of halogens is 1. The lowest BCUT2D eigenvalue weighted by Crippen LogP contribution is -2.12. The molecule has 2 rings (SSSR count). The zero-order valence-corrected chi connectivity index (χ0v) is 10.9. The number of carbonyl (C=O) groups is 1. The molecule has 1 heterocycles. The molecule has 19 heavy (non-hydrogen) atoms. The number of nitrogen functional groups attached to an aromatic ring is 1. The number of amides is 1. The molecule has 0 spiro atoms. The molecule has 0 fully saturated rings. The van der Waals surface area contributed by atoms with Crippen molar-refractivity contribution in [3.8, 4) is 0 Å². The van der Waals surface area contributed by atoms with E-state index in [-0.39, 0.29) is 21.5 Å². The van der Waals surface area contributed by atoms with Gasteiger partial charge in [-0.2, -0.15) is 0 Å². The number of nitrogens with zero attached hydrogens (tertiary/aromatic N) is 2. The molecular formula is C10H7ClN4O3S. The van der Waals surface area contributed by atoms with Crippen LogP contribution in [-0.2, 0) is 0 Å². The normalized spacial score (nSPS) is 10.2. The highest BCUT2D eigenvalue weighted by molar-refractivity contribution is 7.13. The highest BCUT2D eigenvalue weighted by Crippen LogP contribution is 2.27. The summed E-state index contributed by atoms with van der Waals surface area (Å²) in [6, 6.07) is 3.90. The molecule has 1 aromatic heterocycles. The van der Waals surface area contributed by atoms with Crippen LogP contribution in [0.3, 0.4) is 0 Å². The van der Waals surface area contributed by atoms with E-state index in [2.05, 4.69) is 10.3 Å². The highest BCUT2D eigenvalue weighted by atomic mass is 35.5. The van der Waals surface area contributed by atoms with E-state index in [0.717, 1.165) is 11.3 Å². The van der Waals surface area contributed by atoms with E-state index in [1.54, 1.807) is 0 Å². The molecule has 0 aliphatic carbocycles. The van der Waals surface area contributed by atoms with E-state index >= 15 is 0 Å². The van der Waals surface area contributed by atoms with Gasteiger partial charge in [0.2, 0.25) is 0 Å². The summed E-state index contributed by atoms with van der Waals surface area (Å²) in [5.74, 6) is -0.460. The summed E-state index contributed by atoms with van der Waals surface area (Å²) in [6.45, 7) is 0. The number of benzene rings is 1. The maximum atomic E-state index is 11.8. The van der Waals surface area contributed by atoms with Crippen LogP contribution in [0.2, 0.25) is 5.02 Å². The van der Waals surface area contributed by atoms with Crippen molar-refractivity contribution in [2.24, 2.45) is 0 Å². The van der Waals surface area contributed by atoms with Gasteiger partial charge in [-0.15, -0.1) is 11.3 Å². The quantitative estimate of drug-likeness (QED) is 0.668. The van der Waals surface area contributed by atoms with Crippen LogP contribution in [0.1, 0.15) is 10.5 Å². The van der Waals surface area contributed by atoms with Gasteiger partial charge in [-0.1, -0.05) is 11.6 Å². The smallest absolute Gasteiger partial charge is 0.288 e. The van der Waals surface area contributed by atoms with Gasteiger partial charge < -0.3 is 11.1 Å². The average Bonchev–Trinajstić information content (AvgIpc) is 2.75. The Kier molecular flexibility index (Phi) is 3.63. The minimum Gasteiger partial charge on any atom is -0.375 e. The Morgan fingerprint density at radius 2 is 2.26 bits per heavy atom. The number of rotatable bonds is 3. The minimum atomic E-state index is -0.602. The van der Waals surface area contributed by atoms with Crippen molar-refractivity contribution in [3.63, 3.8) is 0 Å². The highest BCUT2D eigenvalue weighted by Gasteiger charge is 2.14. The first-order valence-corrected chi connectivity index (χ1v) is 6.19. The van der Waals surface area contributed by atoms with E-state index in [4.69, 9.17) is 17.3 Å². The Morgan fingerprint density at radius 1 is 1.53 bits per heavy atom. The van der Waals surface area contributed by atoms with Crippen molar-refractivity contribution in [1.29, 1.82) is 0 Å². The van der Waals surface area contributed by atoms with Crippen LogP contribution in [0.4, 0.5) is 16.5 Å². The molecule has 1 amide bonds. The molecule has 0 bridgehead atoms. The van der Waals surface area contributed by atoms with Crippen molar-refractivity contribution in [1.82, 2.24) is 4.98 Å². The van der Waals surface area contributed by atoms with Crippen molar-refractivity contribution < 1.29 is 9.72 Å². The third kappa shape index (κ3) is 2.98. The van der Waals surface area contributed by atoms with Crippen LogP contribution >= 0.6 is 22.9 Å². The second-order valence-electron chi connectivity index (χ2n) is 3.45. The number of nitrogens with two attached hydrogens (primary N) is 1. The topological polar surface area (TPSA) is 111 Å². The third-order valence-electron chi connectivity index (χ3n) is 2.16. The third-order valence-corrected chi connectivity index (χ3v) is 3.13. The maximum absolute atomic E-state index is 11.8. The van der Waals surface area contributed by atoms with E-state index in [1.165, 1.54) is 23.6 Å². The van der Waals surface area contributed by atoms with E-state index in [0.29, 0.717) is 5.69 Å². The number of carbonyl (C=O) groups excluding carboxylic acids is 1. The summed E-state index contributed by atoms with van der Waals surface area (Å²) in [5.41, 5.74) is 5.71. The molecule has 0 saturated heterocycles. The summed E-state index contributed by atoms with van der Waals surface area (Å²) < 4.78 is 0. The molecule has 0 atom stereocenters. The summed E-state index contributed by atoms with van der Waals surface area (Å²) in [4.78, 5) is 25.6. The minimum absolute atomic E-state index is 0.0550. The van der Waals surface area contributed by atoms with Gasteiger partial charge in [0.05, 0.1) is 4.92 Å². The average molecular weight is 299 g/mol. The Bertz CT molecular complexity index is 658. The Balaban J connectivity index is 2.18. The maximum Gasteiger partial charge on any atom is 0.288 e. The number of nitrogens with one attached hydrogen (secondary N) is 1. The number of nitro groups is 1. The largest absolute Gasteiger partial charge is 0.375 e. The van der Waals surface area contributed by atoms with Crippen LogP contribution in [0, 0.1) is 10.1 Å². The Hall–Kier alpha value is -2.19. The fourth-order valence-corrected chi connectivity index (χ4v) is 2.11. The fourth-order valence-electron chi connectivity index (χ4n) is 1.32. The van der Waals surface area contributed by atoms with Crippen molar-refractivity contribution in [2.45, 2.75) is 0 Å². The molecule has 0 unspecified atom stereocenters. The van der Waals surface area contributed by atoms with Gasteiger partial charge in [0, 0.05) is 17.1 Å². The second kappa shape index (κ2) is 5.21. The number of hydrogen-bond acceptors (Lipinski definition) is 6. The summed E-state index contributed by atoms with van der Waals surface area (Å²) in [5, 5.41) is 14.9. The molecule has 3 N–H and O–H groups in total. The number of aromatic nitrogens is 1. The summed E-state index contributed by atoms with van der Waals surface area (Å²) in [7, 11) is 0. The van der Waals surface area contributed by atoms with Gasteiger partial charge >= 0.3 is 0 Å². The molecule has 0 aliphatic heterocycles. The molecule has 0 saturated carbocycles. The standard InChI is InChI=1S/C10H7ClN4O3S/c11-6-3-5(1-2-8(6)15(17)18)13-9(16)7-4-19-10(12)14-7/h1-4H,(H2,12,14)(H,13,16). The van der Waals surface area contributed by atoms with Crippen LogP contribution in [0.25, 0.3) is 0 Å². The van der Waals surface area contributed by atoms with E-state index < -0.39 is 10.8 Å². The lowest BCUT2D eigenvalue weighted by Gasteiger charge is -2.03. The van der Waals surface area contributed by atoms with Gasteiger partial charge in [0.1, 0.15) is 10.7 Å². The Morgan fingerprint density at radius 3 is 2.79 bits per heavy atom. The van der Waals surface area contributed by atoms with Gasteiger partial charge in [-0.3, -0.25) is 14.9 Å². The van der Waals surface area contributed by atoms with Crippen molar-refractivity contribution >= 4 is 45.4 Å². The lowest BCUT2D eigenvalue weighted by atomic mass is 10.2. The van der Waals surface area contributed by atoms with E-state index in [9.17, 15) is 14.9 Å². The van der Waals surface area contributed by atoms with Gasteiger partial charge in [0.25, 0.3) is 11.6 Å². The predicted molar refractivity (Wildman–Crippen MR) is 72.6 cm³/mol. The molecule has 98 valence electrons. The molecular weight excluding hydrogens is 292 g/mol. The Labute approximate surface area is 116 Å². The first-order valence-electron chi connectivity index (χ1n) is 4.93. The number of thiazole rings is 1. The molecule has 9 heteroatoms. The van der Waals surface area contributed by atoms with Crippen molar-refractivity contribution in [3.05, 3.63) is 44.4 Å². The first-order chi connectivity index (χ1) is 8.97. The summed E-state index contributed by atoms with van der Waals surface area (Å²) in [6.07, 6.45) is 0. The lowest BCUT2D eigenvalue weighted by molar-refractivity contribution is -0.384.